The highest BCUT2D eigenvalue weighted by molar-refractivity contribution is 9.10. The van der Waals surface area contributed by atoms with E-state index in [1.165, 1.54) is 5.01 Å². The number of carboxylic acids is 1. The van der Waals surface area contributed by atoms with Crippen molar-refractivity contribution in [2.75, 3.05) is 14.2 Å². The third-order valence-electron chi connectivity index (χ3n) is 4.92. The Balaban J connectivity index is 1.90. The summed E-state index contributed by atoms with van der Waals surface area (Å²) in [6.07, 6.45) is 0.880. The van der Waals surface area contributed by atoms with Gasteiger partial charge in [-0.3, -0.25) is 9.59 Å². The summed E-state index contributed by atoms with van der Waals surface area (Å²) in [7, 11) is 3.13. The molecular weight excluding hydrogens is 452 g/mol. The first kappa shape index (κ1) is 21.8. The highest BCUT2D eigenvalue weighted by Gasteiger charge is 2.33. The summed E-state index contributed by atoms with van der Waals surface area (Å²) >= 11 is 3.43. The van der Waals surface area contributed by atoms with E-state index in [2.05, 4.69) is 21.0 Å². The molecule has 1 heterocycles. The van der Waals surface area contributed by atoms with Crippen LogP contribution in [0.3, 0.4) is 0 Å². The van der Waals surface area contributed by atoms with Gasteiger partial charge in [0.1, 0.15) is 0 Å². The van der Waals surface area contributed by atoms with E-state index < -0.39 is 5.97 Å². The molecule has 0 aliphatic carbocycles. The molecule has 1 N–H and O–H groups in total. The molecule has 3 rings (SSSR count). The molecule has 30 heavy (non-hydrogen) atoms. The molecule has 0 aromatic heterocycles. The van der Waals surface area contributed by atoms with Crippen molar-refractivity contribution < 1.29 is 24.2 Å². The lowest BCUT2D eigenvalue weighted by molar-refractivity contribution is -0.137. The summed E-state index contributed by atoms with van der Waals surface area (Å²) in [6, 6.07) is 13.0. The third kappa shape index (κ3) is 4.99. The van der Waals surface area contributed by atoms with Crippen molar-refractivity contribution in [3.8, 4) is 11.5 Å². The number of carboxylic acid groups (broad SMARTS) is 1. The van der Waals surface area contributed by atoms with E-state index >= 15 is 0 Å². The predicted octanol–water partition coefficient (Wildman–Crippen LogP) is 4.40. The largest absolute Gasteiger partial charge is 0.493 e. The second kappa shape index (κ2) is 9.75. The minimum absolute atomic E-state index is 0.0517. The number of methoxy groups -OCH3 is 2. The number of amides is 1. The fourth-order valence-corrected chi connectivity index (χ4v) is 3.65. The Morgan fingerprint density at radius 1 is 1.10 bits per heavy atom. The molecular formula is C22H23BrN2O5. The average molecular weight is 475 g/mol. The van der Waals surface area contributed by atoms with Gasteiger partial charge in [-0.15, -0.1) is 0 Å². The number of carbonyl (C=O) groups excluding carboxylic acids is 1. The monoisotopic (exact) mass is 474 g/mol. The highest BCUT2D eigenvalue weighted by Crippen LogP contribution is 2.37. The Labute approximate surface area is 183 Å². The Morgan fingerprint density at radius 2 is 1.80 bits per heavy atom. The Kier molecular flexibility index (Phi) is 7.10. The minimum Gasteiger partial charge on any atom is -0.493 e. The number of nitrogens with zero attached hydrogens (tertiary/aromatic N) is 2. The third-order valence-corrected chi connectivity index (χ3v) is 5.45. The SMILES string of the molecule is COc1ccc([C@@H]2CC(c3ccc(Br)cc3)=NN2C(=O)CCCC(=O)O)cc1OC. The van der Waals surface area contributed by atoms with E-state index in [0.29, 0.717) is 17.9 Å². The van der Waals surface area contributed by atoms with Crippen molar-refractivity contribution >= 4 is 33.5 Å². The molecule has 8 heteroatoms. The van der Waals surface area contributed by atoms with Crippen molar-refractivity contribution in [2.45, 2.75) is 31.7 Å². The van der Waals surface area contributed by atoms with Gasteiger partial charge in [0.2, 0.25) is 5.91 Å². The molecule has 0 bridgehead atoms. The van der Waals surface area contributed by atoms with Gasteiger partial charge in [-0.1, -0.05) is 34.1 Å². The van der Waals surface area contributed by atoms with E-state index in [9.17, 15) is 9.59 Å². The van der Waals surface area contributed by atoms with Crippen molar-refractivity contribution in [3.63, 3.8) is 0 Å². The van der Waals surface area contributed by atoms with Gasteiger partial charge in [-0.2, -0.15) is 5.10 Å². The van der Waals surface area contributed by atoms with Gasteiger partial charge in [0, 0.05) is 23.7 Å². The quantitative estimate of drug-likeness (QED) is 0.612. The summed E-state index contributed by atoms with van der Waals surface area (Å²) in [4.78, 5) is 23.7. The standard InChI is InChI=1S/C22H23BrN2O5/c1-29-19-11-8-15(12-20(19)30-2)18-13-17(14-6-9-16(23)10-7-14)24-25(18)21(26)4-3-5-22(27)28/h6-12,18H,3-5,13H2,1-2H3,(H,27,28)/t18-/m0/s1. The molecule has 2 aromatic rings. The number of benzene rings is 2. The van der Waals surface area contributed by atoms with Crippen LogP contribution in [-0.2, 0) is 9.59 Å². The van der Waals surface area contributed by atoms with Crippen molar-refractivity contribution in [1.29, 1.82) is 0 Å². The number of ether oxygens (including phenoxy) is 2. The Hall–Kier alpha value is -2.87. The van der Waals surface area contributed by atoms with E-state index in [1.807, 2.05) is 36.4 Å². The number of rotatable bonds is 8. The van der Waals surface area contributed by atoms with E-state index in [0.717, 1.165) is 21.3 Å². The summed E-state index contributed by atoms with van der Waals surface area (Å²) in [5.41, 5.74) is 2.61. The average Bonchev–Trinajstić information content (AvgIpc) is 3.19. The molecule has 0 unspecified atom stereocenters. The van der Waals surface area contributed by atoms with E-state index in [1.54, 1.807) is 20.3 Å². The van der Waals surface area contributed by atoms with Crippen LogP contribution in [0.1, 0.15) is 42.9 Å². The first-order chi connectivity index (χ1) is 14.4. The molecule has 1 amide bonds. The van der Waals surface area contributed by atoms with Gasteiger partial charge in [0.05, 0.1) is 26.0 Å². The van der Waals surface area contributed by atoms with Crippen LogP contribution in [0.2, 0.25) is 0 Å². The molecule has 0 radical (unpaired) electrons. The molecule has 0 saturated carbocycles. The maximum absolute atomic E-state index is 12.9. The van der Waals surface area contributed by atoms with Crippen LogP contribution in [0.4, 0.5) is 0 Å². The summed E-state index contributed by atoms with van der Waals surface area (Å²) in [5, 5.41) is 14.9. The number of aliphatic carboxylic acids is 1. The van der Waals surface area contributed by atoms with Gasteiger partial charge in [0.25, 0.3) is 0 Å². The molecule has 7 nitrogen and oxygen atoms in total. The zero-order chi connectivity index (χ0) is 21.7. The van der Waals surface area contributed by atoms with Crippen molar-refractivity contribution in [3.05, 3.63) is 58.1 Å². The normalized spacial score (nSPS) is 15.6. The number of halogens is 1. The van der Waals surface area contributed by atoms with Crippen LogP contribution in [0.25, 0.3) is 0 Å². The fraction of sp³-hybridized carbons (Fsp3) is 0.318. The van der Waals surface area contributed by atoms with Crippen molar-refractivity contribution in [1.82, 2.24) is 5.01 Å². The van der Waals surface area contributed by atoms with Gasteiger partial charge < -0.3 is 14.6 Å². The molecule has 2 aromatic carbocycles. The smallest absolute Gasteiger partial charge is 0.303 e. The van der Waals surface area contributed by atoms with Gasteiger partial charge >= 0.3 is 5.97 Å². The van der Waals surface area contributed by atoms with Crippen LogP contribution in [0, 0.1) is 0 Å². The van der Waals surface area contributed by atoms with Gasteiger partial charge in [-0.25, -0.2) is 5.01 Å². The van der Waals surface area contributed by atoms with Crippen molar-refractivity contribution in [2.24, 2.45) is 5.10 Å². The van der Waals surface area contributed by atoms with Crippen LogP contribution in [-0.4, -0.2) is 41.9 Å². The number of hydrazone groups is 1. The molecule has 0 spiro atoms. The lowest BCUT2D eigenvalue weighted by atomic mass is 9.98. The van der Waals surface area contributed by atoms with E-state index in [4.69, 9.17) is 14.6 Å². The van der Waals surface area contributed by atoms with Crippen LogP contribution in [0.5, 0.6) is 11.5 Å². The van der Waals surface area contributed by atoms with Crippen LogP contribution < -0.4 is 9.47 Å². The highest BCUT2D eigenvalue weighted by atomic mass is 79.9. The summed E-state index contributed by atoms with van der Waals surface area (Å²) in [5.74, 6) is 0.0564. The first-order valence-corrected chi connectivity index (χ1v) is 10.3. The fourth-order valence-electron chi connectivity index (χ4n) is 3.38. The van der Waals surface area contributed by atoms with Crippen LogP contribution >= 0.6 is 15.9 Å². The maximum Gasteiger partial charge on any atom is 0.303 e. The maximum atomic E-state index is 12.9. The number of carbonyl (C=O) groups is 2. The molecule has 158 valence electrons. The van der Waals surface area contributed by atoms with Crippen LogP contribution in [0.15, 0.2) is 52.0 Å². The second-order valence-electron chi connectivity index (χ2n) is 6.87. The lowest BCUT2D eigenvalue weighted by Crippen LogP contribution is -2.27. The second-order valence-corrected chi connectivity index (χ2v) is 7.79. The summed E-state index contributed by atoms with van der Waals surface area (Å²) in [6.45, 7) is 0. The Bertz CT molecular complexity index is 959. The molecule has 0 fully saturated rings. The van der Waals surface area contributed by atoms with Gasteiger partial charge in [-0.05, 0) is 41.8 Å². The zero-order valence-electron chi connectivity index (χ0n) is 16.8. The molecule has 0 saturated heterocycles. The lowest BCUT2D eigenvalue weighted by Gasteiger charge is -2.23. The van der Waals surface area contributed by atoms with E-state index in [-0.39, 0.29) is 31.2 Å². The predicted molar refractivity (Wildman–Crippen MR) is 116 cm³/mol. The molecule has 1 aliphatic heterocycles. The topological polar surface area (TPSA) is 88.4 Å². The summed E-state index contributed by atoms with van der Waals surface area (Å²) < 4.78 is 11.7. The van der Waals surface area contributed by atoms with Gasteiger partial charge in [0.15, 0.2) is 11.5 Å². The molecule has 1 atom stereocenters. The number of hydrogen-bond acceptors (Lipinski definition) is 5. The Morgan fingerprint density at radius 3 is 2.43 bits per heavy atom. The molecule has 1 aliphatic rings. The first-order valence-electron chi connectivity index (χ1n) is 9.52. The number of hydrogen-bond donors (Lipinski definition) is 1. The minimum atomic E-state index is -0.917. The zero-order valence-corrected chi connectivity index (χ0v) is 18.4.